The first kappa shape index (κ1) is 15.6. The van der Waals surface area contributed by atoms with Gasteiger partial charge in [0.2, 0.25) is 0 Å². The predicted octanol–water partition coefficient (Wildman–Crippen LogP) is 1.59. The van der Waals surface area contributed by atoms with Gasteiger partial charge in [0.25, 0.3) is 0 Å². The second-order valence-electron chi connectivity index (χ2n) is 7.24. The van der Waals surface area contributed by atoms with Gasteiger partial charge in [-0.2, -0.15) is 0 Å². The molecule has 0 aromatic heterocycles. The molecule has 0 aromatic carbocycles. The number of carbonyl (C=O) groups is 1. The molecule has 116 valence electrons. The Morgan fingerprint density at radius 3 is 2.45 bits per heavy atom. The molecular weight excluding hydrogens is 254 g/mol. The van der Waals surface area contributed by atoms with Gasteiger partial charge >= 0.3 is 6.09 Å². The average molecular weight is 283 g/mol. The zero-order valence-corrected chi connectivity index (χ0v) is 13.1. The summed E-state index contributed by atoms with van der Waals surface area (Å²) in [5.41, 5.74) is -0.149. The van der Waals surface area contributed by atoms with E-state index >= 15 is 0 Å². The lowest BCUT2D eigenvalue weighted by Gasteiger charge is -2.46. The first-order valence-corrected chi connectivity index (χ1v) is 7.79. The van der Waals surface area contributed by atoms with Gasteiger partial charge in [-0.3, -0.25) is 0 Å². The summed E-state index contributed by atoms with van der Waals surface area (Å²) in [5.74, 6) is 0. The Balaban J connectivity index is 1.77. The van der Waals surface area contributed by atoms with E-state index in [1.807, 2.05) is 20.8 Å². The van der Waals surface area contributed by atoms with Crippen LogP contribution in [-0.4, -0.2) is 55.9 Å². The van der Waals surface area contributed by atoms with Crippen molar-refractivity contribution in [1.29, 1.82) is 0 Å². The Morgan fingerprint density at radius 2 is 1.95 bits per heavy atom. The highest BCUT2D eigenvalue weighted by molar-refractivity contribution is 5.67. The summed E-state index contributed by atoms with van der Waals surface area (Å²) in [7, 11) is 0. The van der Waals surface area contributed by atoms with Gasteiger partial charge in [0.15, 0.2) is 0 Å². The van der Waals surface area contributed by atoms with Crippen molar-refractivity contribution in [3.8, 4) is 0 Å². The van der Waals surface area contributed by atoms with E-state index in [9.17, 15) is 4.79 Å². The molecule has 0 unspecified atom stereocenters. The number of nitrogens with one attached hydrogen (secondary N) is 2. The lowest BCUT2D eigenvalue weighted by Crippen LogP contribution is -2.53. The molecule has 20 heavy (non-hydrogen) atoms. The van der Waals surface area contributed by atoms with E-state index in [1.165, 1.54) is 19.3 Å². The quantitative estimate of drug-likeness (QED) is 0.822. The standard InChI is InChI=1S/C15H29N3O2/c1-14(2,3)20-13(19)17-11-15(5-4-6-15)12-18-9-7-16-8-10-18/h16H,4-12H2,1-3H3,(H,17,19). The molecule has 1 saturated carbocycles. The number of carbonyl (C=O) groups excluding carboxylic acids is 1. The minimum atomic E-state index is -0.421. The highest BCUT2D eigenvalue weighted by Crippen LogP contribution is 2.41. The molecule has 0 aromatic rings. The molecule has 5 heteroatoms. The summed E-state index contributed by atoms with van der Waals surface area (Å²) in [4.78, 5) is 14.3. The topological polar surface area (TPSA) is 53.6 Å². The Bertz CT molecular complexity index is 329. The van der Waals surface area contributed by atoms with Crippen molar-refractivity contribution in [2.75, 3.05) is 39.3 Å². The third-order valence-corrected chi connectivity index (χ3v) is 4.19. The van der Waals surface area contributed by atoms with Crippen LogP contribution in [0.15, 0.2) is 0 Å². The van der Waals surface area contributed by atoms with Crippen LogP contribution in [0.3, 0.4) is 0 Å². The molecule has 5 nitrogen and oxygen atoms in total. The molecule has 0 bridgehead atoms. The molecule has 2 N–H and O–H groups in total. The molecule has 0 atom stereocenters. The highest BCUT2D eigenvalue weighted by Gasteiger charge is 2.39. The summed E-state index contributed by atoms with van der Waals surface area (Å²) < 4.78 is 5.32. The van der Waals surface area contributed by atoms with Crippen LogP contribution < -0.4 is 10.6 Å². The molecule has 1 aliphatic carbocycles. The summed E-state index contributed by atoms with van der Waals surface area (Å²) in [6.07, 6.45) is 3.42. The molecule has 1 amide bonds. The van der Waals surface area contributed by atoms with E-state index in [0.29, 0.717) is 0 Å². The smallest absolute Gasteiger partial charge is 0.407 e. The minimum absolute atomic E-state index is 0.272. The number of amides is 1. The fourth-order valence-corrected chi connectivity index (χ4v) is 2.99. The maximum atomic E-state index is 11.8. The second kappa shape index (κ2) is 6.31. The molecule has 1 heterocycles. The van der Waals surface area contributed by atoms with Gasteiger partial charge in [0.05, 0.1) is 0 Å². The van der Waals surface area contributed by atoms with E-state index in [2.05, 4.69) is 15.5 Å². The maximum Gasteiger partial charge on any atom is 0.407 e. The maximum absolute atomic E-state index is 11.8. The third kappa shape index (κ3) is 4.63. The van der Waals surface area contributed by atoms with Crippen molar-refractivity contribution in [2.45, 2.75) is 45.6 Å². The molecule has 2 aliphatic rings. The first-order chi connectivity index (χ1) is 9.39. The zero-order chi connectivity index (χ0) is 14.6. The fraction of sp³-hybridized carbons (Fsp3) is 0.933. The molecule has 0 spiro atoms. The van der Waals surface area contributed by atoms with Crippen molar-refractivity contribution in [3.63, 3.8) is 0 Å². The Labute approximate surface area is 122 Å². The van der Waals surface area contributed by atoms with Gasteiger partial charge in [-0.25, -0.2) is 4.79 Å². The highest BCUT2D eigenvalue weighted by atomic mass is 16.6. The first-order valence-electron chi connectivity index (χ1n) is 7.79. The van der Waals surface area contributed by atoms with Crippen LogP contribution in [-0.2, 0) is 4.74 Å². The number of hydrogen-bond donors (Lipinski definition) is 2. The second-order valence-corrected chi connectivity index (χ2v) is 7.24. The number of piperazine rings is 1. The lowest BCUT2D eigenvalue weighted by molar-refractivity contribution is 0.0345. The number of ether oxygens (including phenoxy) is 1. The molecular formula is C15H29N3O2. The van der Waals surface area contributed by atoms with Crippen molar-refractivity contribution >= 4 is 6.09 Å². The van der Waals surface area contributed by atoms with Crippen LogP contribution in [0.1, 0.15) is 40.0 Å². The zero-order valence-electron chi connectivity index (χ0n) is 13.1. The monoisotopic (exact) mass is 283 g/mol. The van der Waals surface area contributed by atoms with Crippen LogP contribution in [0.5, 0.6) is 0 Å². The van der Waals surface area contributed by atoms with Crippen LogP contribution in [0.4, 0.5) is 4.79 Å². The summed E-state index contributed by atoms with van der Waals surface area (Å²) in [6.45, 7) is 11.9. The van der Waals surface area contributed by atoms with Gasteiger partial charge in [-0.05, 0) is 33.6 Å². The van der Waals surface area contributed by atoms with E-state index in [1.54, 1.807) is 0 Å². The summed E-state index contributed by atoms with van der Waals surface area (Å²) >= 11 is 0. The van der Waals surface area contributed by atoms with Gasteiger partial charge < -0.3 is 20.3 Å². The molecule has 2 fully saturated rings. The van der Waals surface area contributed by atoms with Gasteiger partial charge in [0, 0.05) is 44.7 Å². The van der Waals surface area contributed by atoms with E-state index in [0.717, 1.165) is 39.3 Å². The van der Waals surface area contributed by atoms with Crippen molar-refractivity contribution in [1.82, 2.24) is 15.5 Å². The minimum Gasteiger partial charge on any atom is -0.444 e. The van der Waals surface area contributed by atoms with Gasteiger partial charge in [-0.1, -0.05) is 6.42 Å². The molecule has 1 saturated heterocycles. The van der Waals surface area contributed by atoms with E-state index in [4.69, 9.17) is 4.74 Å². The van der Waals surface area contributed by atoms with E-state index in [-0.39, 0.29) is 11.5 Å². The fourth-order valence-electron chi connectivity index (χ4n) is 2.99. The van der Waals surface area contributed by atoms with Crippen molar-refractivity contribution in [2.24, 2.45) is 5.41 Å². The van der Waals surface area contributed by atoms with Crippen LogP contribution in [0.25, 0.3) is 0 Å². The van der Waals surface area contributed by atoms with Crippen LogP contribution >= 0.6 is 0 Å². The van der Waals surface area contributed by atoms with Crippen LogP contribution in [0.2, 0.25) is 0 Å². The Hall–Kier alpha value is -0.810. The van der Waals surface area contributed by atoms with Crippen molar-refractivity contribution in [3.05, 3.63) is 0 Å². The molecule has 0 radical (unpaired) electrons. The summed E-state index contributed by atoms with van der Waals surface area (Å²) in [5, 5.41) is 6.35. The Kier molecular flexibility index (Phi) is 4.91. The van der Waals surface area contributed by atoms with Gasteiger partial charge in [-0.15, -0.1) is 0 Å². The Morgan fingerprint density at radius 1 is 1.30 bits per heavy atom. The lowest BCUT2D eigenvalue weighted by atomic mass is 9.68. The van der Waals surface area contributed by atoms with E-state index < -0.39 is 5.60 Å². The van der Waals surface area contributed by atoms with Gasteiger partial charge in [0.1, 0.15) is 5.60 Å². The van der Waals surface area contributed by atoms with Crippen molar-refractivity contribution < 1.29 is 9.53 Å². The summed E-state index contributed by atoms with van der Waals surface area (Å²) in [6, 6.07) is 0. The largest absolute Gasteiger partial charge is 0.444 e. The SMILES string of the molecule is CC(C)(C)OC(=O)NCC1(CN2CCNCC2)CCC1. The third-order valence-electron chi connectivity index (χ3n) is 4.19. The molecule has 2 rings (SSSR count). The molecule has 1 aliphatic heterocycles. The van der Waals surface area contributed by atoms with Crippen LogP contribution in [0, 0.1) is 5.41 Å². The normalized spacial score (nSPS) is 22.9. The number of nitrogens with zero attached hydrogens (tertiary/aromatic N) is 1. The predicted molar refractivity (Wildman–Crippen MR) is 79.8 cm³/mol. The number of rotatable bonds is 4. The number of alkyl carbamates (subject to hydrolysis) is 1. The average Bonchev–Trinajstić information content (AvgIpc) is 2.31. The number of hydrogen-bond acceptors (Lipinski definition) is 4.